The number of carbonyl (C=O) groups excluding carboxylic acids is 1. The van der Waals surface area contributed by atoms with Gasteiger partial charge in [-0.05, 0) is 43.4 Å². The predicted molar refractivity (Wildman–Crippen MR) is 98.0 cm³/mol. The summed E-state index contributed by atoms with van der Waals surface area (Å²) in [7, 11) is 0. The lowest BCUT2D eigenvalue weighted by Crippen LogP contribution is -2.30. The Balaban J connectivity index is 1.87. The third-order valence-electron chi connectivity index (χ3n) is 4.32. The van der Waals surface area contributed by atoms with Gasteiger partial charge < -0.3 is 10.4 Å². The van der Waals surface area contributed by atoms with Crippen LogP contribution in [-0.2, 0) is 11.2 Å². The molecule has 0 aliphatic rings. The first-order valence-corrected chi connectivity index (χ1v) is 8.60. The molecule has 1 amide bonds. The number of hydrogen-bond acceptors (Lipinski definition) is 2. The molecule has 0 aromatic heterocycles. The van der Waals surface area contributed by atoms with Gasteiger partial charge in [0.1, 0.15) is 0 Å². The maximum absolute atomic E-state index is 12.2. The highest BCUT2D eigenvalue weighted by atomic mass is 16.3. The fraction of sp³-hybridized carbons (Fsp3) is 0.381. The fourth-order valence-corrected chi connectivity index (χ4v) is 2.94. The molecular weight excluding hydrogens is 298 g/mol. The van der Waals surface area contributed by atoms with E-state index in [-0.39, 0.29) is 17.9 Å². The van der Waals surface area contributed by atoms with Crippen molar-refractivity contribution in [3.63, 3.8) is 0 Å². The molecule has 0 radical (unpaired) electrons. The van der Waals surface area contributed by atoms with Crippen molar-refractivity contribution in [3.05, 3.63) is 71.3 Å². The molecule has 2 rings (SSSR count). The molecule has 0 saturated carbocycles. The van der Waals surface area contributed by atoms with Gasteiger partial charge in [0.2, 0.25) is 5.91 Å². The minimum Gasteiger partial charge on any atom is -0.393 e. The Morgan fingerprint density at radius 1 is 1.08 bits per heavy atom. The van der Waals surface area contributed by atoms with Gasteiger partial charge in [-0.15, -0.1) is 0 Å². The molecule has 2 aromatic rings. The smallest absolute Gasteiger partial charge is 0.220 e. The van der Waals surface area contributed by atoms with Crippen LogP contribution >= 0.6 is 0 Å². The number of aliphatic hydroxyl groups is 1. The van der Waals surface area contributed by atoms with E-state index in [4.69, 9.17) is 0 Å². The molecule has 0 saturated heterocycles. The van der Waals surface area contributed by atoms with E-state index >= 15 is 0 Å². The molecule has 24 heavy (non-hydrogen) atoms. The second kappa shape index (κ2) is 9.24. The van der Waals surface area contributed by atoms with Crippen LogP contribution in [0.3, 0.4) is 0 Å². The van der Waals surface area contributed by atoms with Crippen molar-refractivity contribution >= 4 is 5.91 Å². The van der Waals surface area contributed by atoms with Gasteiger partial charge in [-0.25, -0.2) is 0 Å². The van der Waals surface area contributed by atoms with Crippen LogP contribution < -0.4 is 5.32 Å². The summed E-state index contributed by atoms with van der Waals surface area (Å²) in [5, 5.41) is 12.7. The molecule has 3 heteroatoms. The monoisotopic (exact) mass is 325 g/mol. The molecule has 128 valence electrons. The molecule has 0 heterocycles. The quantitative estimate of drug-likeness (QED) is 0.779. The number of amides is 1. The number of nitrogens with one attached hydrogen (secondary N) is 1. The summed E-state index contributed by atoms with van der Waals surface area (Å²) in [5.74, 6) is 0.193. The zero-order valence-electron chi connectivity index (χ0n) is 14.5. The zero-order chi connectivity index (χ0) is 17.4. The fourth-order valence-electron chi connectivity index (χ4n) is 2.94. The SMILES string of the molecule is Cc1ccccc1CCC(=O)NCC(CC(C)O)c1ccccc1. The van der Waals surface area contributed by atoms with Gasteiger partial charge >= 0.3 is 0 Å². The number of hydrogen-bond donors (Lipinski definition) is 2. The zero-order valence-corrected chi connectivity index (χ0v) is 14.5. The van der Waals surface area contributed by atoms with Crippen molar-refractivity contribution in [1.82, 2.24) is 5.32 Å². The molecule has 0 bridgehead atoms. The van der Waals surface area contributed by atoms with Crippen molar-refractivity contribution in [2.24, 2.45) is 0 Å². The minimum absolute atomic E-state index is 0.0600. The third kappa shape index (κ3) is 5.82. The van der Waals surface area contributed by atoms with E-state index in [9.17, 15) is 9.90 Å². The van der Waals surface area contributed by atoms with Crippen molar-refractivity contribution in [1.29, 1.82) is 0 Å². The van der Waals surface area contributed by atoms with E-state index in [0.29, 0.717) is 19.4 Å². The van der Waals surface area contributed by atoms with Crippen LogP contribution in [0.1, 0.15) is 42.4 Å². The van der Waals surface area contributed by atoms with E-state index in [0.717, 1.165) is 12.0 Å². The summed E-state index contributed by atoms with van der Waals surface area (Å²) >= 11 is 0. The molecule has 0 aliphatic heterocycles. The minimum atomic E-state index is -0.390. The summed E-state index contributed by atoms with van der Waals surface area (Å²) in [6.07, 6.45) is 1.49. The molecule has 0 fully saturated rings. The summed E-state index contributed by atoms with van der Waals surface area (Å²) in [4.78, 5) is 12.2. The summed E-state index contributed by atoms with van der Waals surface area (Å²) in [6.45, 7) is 4.42. The normalized spacial score (nSPS) is 13.3. The molecular formula is C21H27NO2. The van der Waals surface area contributed by atoms with Gasteiger partial charge in [0.25, 0.3) is 0 Å². The van der Waals surface area contributed by atoms with E-state index in [1.165, 1.54) is 11.1 Å². The molecule has 2 atom stereocenters. The summed E-state index contributed by atoms with van der Waals surface area (Å²) in [5.41, 5.74) is 3.59. The average Bonchev–Trinajstić information content (AvgIpc) is 2.58. The van der Waals surface area contributed by atoms with Gasteiger partial charge in [-0.1, -0.05) is 54.6 Å². The van der Waals surface area contributed by atoms with Crippen molar-refractivity contribution in [2.75, 3.05) is 6.54 Å². The Labute approximate surface area is 144 Å². The first-order chi connectivity index (χ1) is 11.6. The van der Waals surface area contributed by atoms with Gasteiger partial charge in [-0.2, -0.15) is 0 Å². The van der Waals surface area contributed by atoms with Crippen LogP contribution in [0.25, 0.3) is 0 Å². The molecule has 2 aromatic carbocycles. The van der Waals surface area contributed by atoms with Gasteiger partial charge in [0.15, 0.2) is 0 Å². The number of carbonyl (C=O) groups is 1. The van der Waals surface area contributed by atoms with Gasteiger partial charge in [0, 0.05) is 18.9 Å². The Kier molecular flexibility index (Phi) is 7.01. The third-order valence-corrected chi connectivity index (χ3v) is 4.32. The van der Waals surface area contributed by atoms with Crippen molar-refractivity contribution < 1.29 is 9.90 Å². The first-order valence-electron chi connectivity index (χ1n) is 8.60. The van der Waals surface area contributed by atoms with Crippen LogP contribution in [0.5, 0.6) is 0 Å². The predicted octanol–water partition coefficient (Wildman–Crippen LogP) is 3.60. The number of aliphatic hydroxyl groups excluding tert-OH is 1. The van der Waals surface area contributed by atoms with Crippen molar-refractivity contribution in [2.45, 2.75) is 45.1 Å². The van der Waals surface area contributed by atoms with E-state index in [1.807, 2.05) is 42.5 Å². The summed E-state index contributed by atoms with van der Waals surface area (Å²) < 4.78 is 0. The van der Waals surface area contributed by atoms with Crippen LogP contribution in [0.2, 0.25) is 0 Å². The molecule has 0 aliphatic carbocycles. The van der Waals surface area contributed by atoms with Gasteiger partial charge in [-0.3, -0.25) is 4.79 Å². The highest BCUT2D eigenvalue weighted by Gasteiger charge is 2.15. The number of rotatable bonds is 8. The highest BCUT2D eigenvalue weighted by Crippen LogP contribution is 2.20. The standard InChI is InChI=1S/C21H27NO2/c1-16-8-6-7-9-18(16)12-13-21(24)22-15-20(14-17(2)23)19-10-4-3-5-11-19/h3-11,17,20,23H,12-15H2,1-2H3,(H,22,24). The molecule has 2 N–H and O–H groups in total. The lowest BCUT2D eigenvalue weighted by Gasteiger charge is -2.19. The van der Waals surface area contributed by atoms with E-state index < -0.39 is 0 Å². The van der Waals surface area contributed by atoms with Crippen molar-refractivity contribution in [3.8, 4) is 0 Å². The largest absolute Gasteiger partial charge is 0.393 e. The lowest BCUT2D eigenvalue weighted by molar-refractivity contribution is -0.121. The Morgan fingerprint density at radius 2 is 1.75 bits per heavy atom. The van der Waals surface area contributed by atoms with Crippen LogP contribution in [0.15, 0.2) is 54.6 Å². The topological polar surface area (TPSA) is 49.3 Å². The molecule has 2 unspecified atom stereocenters. The average molecular weight is 325 g/mol. The van der Waals surface area contributed by atoms with E-state index in [2.05, 4.69) is 24.4 Å². The second-order valence-corrected chi connectivity index (χ2v) is 6.42. The van der Waals surface area contributed by atoms with Crippen LogP contribution in [-0.4, -0.2) is 23.7 Å². The lowest BCUT2D eigenvalue weighted by atomic mass is 9.93. The Bertz CT molecular complexity index is 637. The number of benzene rings is 2. The van der Waals surface area contributed by atoms with E-state index in [1.54, 1.807) is 6.92 Å². The van der Waals surface area contributed by atoms with Gasteiger partial charge in [0.05, 0.1) is 6.10 Å². The number of aryl methyl sites for hydroxylation is 2. The second-order valence-electron chi connectivity index (χ2n) is 6.42. The highest BCUT2D eigenvalue weighted by molar-refractivity contribution is 5.76. The first kappa shape index (κ1) is 18.2. The molecule has 0 spiro atoms. The summed E-state index contributed by atoms with van der Waals surface area (Å²) in [6, 6.07) is 18.2. The van der Waals surface area contributed by atoms with Crippen LogP contribution in [0.4, 0.5) is 0 Å². The Hall–Kier alpha value is -2.13. The van der Waals surface area contributed by atoms with Crippen LogP contribution in [0, 0.1) is 6.92 Å². The molecule has 3 nitrogen and oxygen atoms in total. The maximum Gasteiger partial charge on any atom is 0.220 e. The maximum atomic E-state index is 12.2. The Morgan fingerprint density at radius 3 is 2.42 bits per heavy atom.